The number of H-pyrrole nitrogens is 1. The molecule has 1 atom stereocenters. The monoisotopic (exact) mass is 380 g/mol. The summed E-state index contributed by atoms with van der Waals surface area (Å²) in [7, 11) is 1.78. The van der Waals surface area contributed by atoms with Crippen LogP contribution in [-0.2, 0) is 24.9 Å². The topological polar surface area (TPSA) is 98.0 Å². The van der Waals surface area contributed by atoms with Crippen molar-refractivity contribution >= 4 is 5.91 Å². The highest BCUT2D eigenvalue weighted by molar-refractivity contribution is 5.94. The minimum atomic E-state index is -0.544. The van der Waals surface area contributed by atoms with E-state index in [1.807, 2.05) is 36.4 Å². The van der Waals surface area contributed by atoms with Gasteiger partial charge in [-0.05, 0) is 12.5 Å². The van der Waals surface area contributed by atoms with Crippen molar-refractivity contribution in [2.45, 2.75) is 25.2 Å². The molecule has 2 aliphatic heterocycles. The van der Waals surface area contributed by atoms with Crippen molar-refractivity contribution < 1.29 is 9.53 Å². The second-order valence-electron chi connectivity index (χ2n) is 7.38. The molecule has 28 heavy (non-hydrogen) atoms. The average Bonchev–Trinajstić information content (AvgIpc) is 3.41. The number of carbonyl (C=O) groups is 1. The summed E-state index contributed by atoms with van der Waals surface area (Å²) in [6.45, 7) is 1.69. The van der Waals surface area contributed by atoms with Crippen molar-refractivity contribution in [2.75, 3.05) is 13.1 Å². The third-order valence-electron chi connectivity index (χ3n) is 5.56. The van der Waals surface area contributed by atoms with Crippen LogP contribution in [0.5, 0.6) is 0 Å². The number of aromatic amines is 1. The Balaban J connectivity index is 1.37. The normalized spacial score (nSPS) is 21.2. The van der Waals surface area contributed by atoms with Gasteiger partial charge < -0.3 is 9.64 Å². The molecule has 2 aromatic heterocycles. The number of aromatic nitrogens is 5. The van der Waals surface area contributed by atoms with Gasteiger partial charge >= 0.3 is 5.69 Å². The van der Waals surface area contributed by atoms with E-state index in [-0.39, 0.29) is 18.2 Å². The molecular weight excluding hydrogens is 360 g/mol. The van der Waals surface area contributed by atoms with E-state index < -0.39 is 5.60 Å². The molecule has 1 amide bonds. The molecule has 9 heteroatoms. The van der Waals surface area contributed by atoms with Crippen molar-refractivity contribution in [1.29, 1.82) is 0 Å². The maximum absolute atomic E-state index is 13.1. The number of nitrogens with one attached hydrogen (secondary N) is 1. The van der Waals surface area contributed by atoms with Crippen LogP contribution in [0.1, 0.15) is 22.7 Å². The first kappa shape index (κ1) is 16.9. The summed E-state index contributed by atoms with van der Waals surface area (Å²) in [5.41, 5.74) is 1.49. The summed E-state index contributed by atoms with van der Waals surface area (Å²) in [4.78, 5) is 26.8. The van der Waals surface area contributed by atoms with Gasteiger partial charge in [0.25, 0.3) is 5.91 Å². The van der Waals surface area contributed by atoms with E-state index in [1.54, 1.807) is 21.2 Å². The Morgan fingerprint density at radius 3 is 2.89 bits per heavy atom. The first-order valence-corrected chi connectivity index (χ1v) is 9.21. The zero-order valence-electron chi connectivity index (χ0n) is 15.5. The maximum Gasteiger partial charge on any atom is 0.343 e. The molecule has 0 saturated carbocycles. The van der Waals surface area contributed by atoms with Gasteiger partial charge in [0.1, 0.15) is 17.9 Å². The van der Waals surface area contributed by atoms with Crippen molar-refractivity contribution in [3.05, 3.63) is 58.4 Å². The van der Waals surface area contributed by atoms with Crippen LogP contribution in [0.15, 0.2) is 41.2 Å². The van der Waals surface area contributed by atoms with E-state index in [0.717, 1.165) is 11.3 Å². The third-order valence-corrected chi connectivity index (χ3v) is 5.56. The number of ether oxygens (including phenoxy) is 1. The zero-order valence-corrected chi connectivity index (χ0v) is 15.5. The highest BCUT2D eigenvalue weighted by atomic mass is 16.5. The van der Waals surface area contributed by atoms with Crippen molar-refractivity contribution in [1.82, 2.24) is 29.4 Å². The Morgan fingerprint density at radius 2 is 2.07 bits per heavy atom. The quantitative estimate of drug-likeness (QED) is 0.709. The summed E-state index contributed by atoms with van der Waals surface area (Å²) in [5.74, 6) is 0.516. The van der Waals surface area contributed by atoms with Crippen LogP contribution in [0.2, 0.25) is 0 Å². The van der Waals surface area contributed by atoms with Crippen LogP contribution >= 0.6 is 0 Å². The van der Waals surface area contributed by atoms with Crippen LogP contribution < -0.4 is 5.69 Å². The van der Waals surface area contributed by atoms with Crippen LogP contribution in [0.3, 0.4) is 0 Å². The fourth-order valence-corrected chi connectivity index (χ4v) is 4.02. The molecule has 2 aliphatic rings. The van der Waals surface area contributed by atoms with E-state index >= 15 is 0 Å². The number of likely N-dealkylation sites (tertiary alicyclic amines) is 1. The molecule has 0 radical (unpaired) electrons. The molecule has 1 aromatic carbocycles. The summed E-state index contributed by atoms with van der Waals surface area (Å²) >= 11 is 0. The molecule has 4 heterocycles. The van der Waals surface area contributed by atoms with Crippen LogP contribution in [0, 0.1) is 0 Å². The minimum Gasteiger partial charge on any atom is -0.363 e. The largest absolute Gasteiger partial charge is 0.363 e. The lowest BCUT2D eigenvalue weighted by Crippen LogP contribution is -2.47. The van der Waals surface area contributed by atoms with Gasteiger partial charge in [-0.1, -0.05) is 30.3 Å². The van der Waals surface area contributed by atoms with Crippen molar-refractivity contribution in [3.63, 3.8) is 0 Å². The number of rotatable bonds is 2. The van der Waals surface area contributed by atoms with E-state index in [2.05, 4.69) is 15.3 Å². The maximum atomic E-state index is 13.1. The third kappa shape index (κ3) is 2.66. The number of benzene rings is 1. The summed E-state index contributed by atoms with van der Waals surface area (Å²) in [5, 5.41) is 10.9. The smallest absolute Gasteiger partial charge is 0.343 e. The number of fused-ring (bicyclic) bond motifs is 1. The number of nitrogens with zero attached hydrogens (tertiary/aromatic N) is 5. The molecule has 1 saturated heterocycles. The lowest BCUT2D eigenvalue weighted by Gasteiger charge is -2.33. The van der Waals surface area contributed by atoms with Gasteiger partial charge in [-0.2, -0.15) is 10.2 Å². The molecule has 1 spiro atoms. The first-order chi connectivity index (χ1) is 13.5. The molecule has 1 fully saturated rings. The van der Waals surface area contributed by atoms with Crippen molar-refractivity contribution in [3.8, 4) is 11.3 Å². The fraction of sp³-hybridized carbons (Fsp3) is 0.368. The number of aryl methyl sites for hydroxylation is 1. The standard InChI is InChI=1S/C19H20N6O3/c1-23-15(9-14(22-23)13-5-3-2-4-6-13)17(26)24-8-7-19(11-24)12-25-16(10-28-19)20-21-18(25)27/h2-6,9H,7-8,10-12H2,1H3,(H,21,27). The van der Waals surface area contributed by atoms with Gasteiger partial charge in [0, 0.05) is 19.2 Å². The molecular formula is C19H20N6O3. The lowest BCUT2D eigenvalue weighted by atomic mass is 10.0. The van der Waals surface area contributed by atoms with Crippen LogP contribution in [-0.4, -0.2) is 54.0 Å². The van der Waals surface area contributed by atoms with E-state index in [9.17, 15) is 9.59 Å². The van der Waals surface area contributed by atoms with Gasteiger partial charge in [0.05, 0.1) is 18.8 Å². The molecule has 0 aliphatic carbocycles. The van der Waals surface area contributed by atoms with Gasteiger partial charge in [0.15, 0.2) is 5.82 Å². The molecule has 0 bridgehead atoms. The van der Waals surface area contributed by atoms with Gasteiger partial charge in [0.2, 0.25) is 0 Å². The number of hydrogen-bond acceptors (Lipinski definition) is 5. The summed E-state index contributed by atoms with van der Waals surface area (Å²) in [6, 6.07) is 11.6. The van der Waals surface area contributed by atoms with Crippen LogP contribution in [0.4, 0.5) is 0 Å². The first-order valence-electron chi connectivity index (χ1n) is 9.21. The van der Waals surface area contributed by atoms with E-state index in [4.69, 9.17) is 4.74 Å². The Kier molecular flexibility index (Phi) is 3.73. The minimum absolute atomic E-state index is 0.0806. The highest BCUT2D eigenvalue weighted by Gasteiger charge is 2.45. The SMILES string of the molecule is Cn1nc(-c2ccccc2)cc1C(=O)N1CCC2(C1)Cn1c(n[nH]c1=O)CO2. The Bertz CT molecular complexity index is 1100. The second kappa shape index (κ2) is 6.16. The number of hydrogen-bond donors (Lipinski definition) is 1. The van der Waals surface area contributed by atoms with Crippen molar-refractivity contribution in [2.24, 2.45) is 7.05 Å². The van der Waals surface area contributed by atoms with Crippen LogP contribution in [0.25, 0.3) is 11.3 Å². The Morgan fingerprint density at radius 1 is 1.25 bits per heavy atom. The molecule has 144 valence electrons. The number of carbonyl (C=O) groups excluding carboxylic acids is 1. The Hall–Kier alpha value is -3.20. The predicted molar refractivity (Wildman–Crippen MR) is 99.5 cm³/mol. The molecule has 5 rings (SSSR count). The second-order valence-corrected chi connectivity index (χ2v) is 7.38. The number of amides is 1. The van der Waals surface area contributed by atoms with E-state index in [0.29, 0.717) is 37.6 Å². The summed E-state index contributed by atoms with van der Waals surface area (Å²) < 4.78 is 9.26. The lowest BCUT2D eigenvalue weighted by molar-refractivity contribution is -0.0816. The highest BCUT2D eigenvalue weighted by Crippen LogP contribution is 2.32. The van der Waals surface area contributed by atoms with E-state index in [1.165, 1.54) is 0 Å². The molecule has 1 unspecified atom stereocenters. The summed E-state index contributed by atoms with van der Waals surface area (Å²) in [6.07, 6.45) is 0.680. The van der Waals surface area contributed by atoms with Gasteiger partial charge in [-0.25, -0.2) is 9.89 Å². The van der Waals surface area contributed by atoms with Gasteiger partial charge in [-0.3, -0.25) is 14.0 Å². The molecule has 9 nitrogen and oxygen atoms in total. The Labute approximate surface area is 160 Å². The average molecular weight is 380 g/mol. The fourth-order valence-electron chi connectivity index (χ4n) is 4.02. The zero-order chi connectivity index (χ0) is 19.3. The predicted octanol–water partition coefficient (Wildman–Crippen LogP) is 0.787. The molecule has 1 N–H and O–H groups in total. The molecule has 3 aromatic rings. The van der Waals surface area contributed by atoms with Gasteiger partial charge in [-0.15, -0.1) is 0 Å².